The van der Waals surface area contributed by atoms with Gasteiger partial charge in [0.2, 0.25) is 0 Å². The molecule has 1 aliphatic rings. The Bertz CT molecular complexity index is 840. The van der Waals surface area contributed by atoms with E-state index < -0.39 is 0 Å². The van der Waals surface area contributed by atoms with E-state index in [-0.39, 0.29) is 31.0 Å². The van der Waals surface area contributed by atoms with Crippen LogP contribution in [0.2, 0.25) is 0 Å². The number of amides is 2. The maximum atomic E-state index is 12.2. The van der Waals surface area contributed by atoms with Crippen molar-refractivity contribution in [2.45, 2.75) is 6.10 Å². The molecule has 2 aromatic carbocycles. The van der Waals surface area contributed by atoms with E-state index in [1.54, 1.807) is 38.4 Å². The van der Waals surface area contributed by atoms with Gasteiger partial charge in [0.15, 0.2) is 24.6 Å². The van der Waals surface area contributed by atoms with E-state index in [0.717, 1.165) is 10.6 Å². The number of ether oxygens (including phenoxy) is 3. The normalized spacial score (nSPS) is 15.9. The van der Waals surface area contributed by atoms with Gasteiger partial charge in [0.25, 0.3) is 11.8 Å². The Balaban J connectivity index is 1.37. The van der Waals surface area contributed by atoms with E-state index >= 15 is 0 Å². The molecule has 154 valence electrons. The fourth-order valence-electron chi connectivity index (χ4n) is 2.94. The summed E-state index contributed by atoms with van der Waals surface area (Å²) in [6.45, 7) is 1.08. The minimum absolute atomic E-state index is 0.151. The van der Waals surface area contributed by atoms with Gasteiger partial charge in [-0.15, -0.1) is 0 Å². The number of carbonyl (C=O) groups is 2. The lowest BCUT2D eigenvalue weighted by Crippen LogP contribution is -3.11. The first kappa shape index (κ1) is 20.5. The van der Waals surface area contributed by atoms with E-state index in [1.165, 1.54) is 0 Å². The van der Waals surface area contributed by atoms with E-state index in [1.807, 2.05) is 24.3 Å². The molecule has 1 heterocycles. The van der Waals surface area contributed by atoms with E-state index in [4.69, 9.17) is 14.2 Å². The maximum Gasteiger partial charge on any atom is 0.279 e. The van der Waals surface area contributed by atoms with Crippen LogP contribution in [0.25, 0.3) is 0 Å². The van der Waals surface area contributed by atoms with Gasteiger partial charge in [-0.25, -0.2) is 0 Å². The Kier molecular flexibility index (Phi) is 6.91. The molecule has 2 amide bonds. The number of methoxy groups -OCH3 is 1. The molecule has 0 saturated carbocycles. The summed E-state index contributed by atoms with van der Waals surface area (Å²) in [6, 6.07) is 14.5. The molecule has 2 atom stereocenters. The van der Waals surface area contributed by atoms with Gasteiger partial charge in [-0.2, -0.15) is 0 Å². The molecule has 0 aliphatic carbocycles. The minimum Gasteiger partial charge on any atom is -0.497 e. The summed E-state index contributed by atoms with van der Waals surface area (Å²) in [5.74, 6) is 1.79. The summed E-state index contributed by atoms with van der Waals surface area (Å²) in [7, 11) is 3.38. The molecule has 29 heavy (non-hydrogen) atoms. The largest absolute Gasteiger partial charge is 0.497 e. The number of hydrogen-bond acceptors (Lipinski definition) is 5. The van der Waals surface area contributed by atoms with Crippen LogP contribution < -0.4 is 29.7 Å². The highest BCUT2D eigenvalue weighted by Crippen LogP contribution is 2.30. The maximum absolute atomic E-state index is 12.2. The Hall–Kier alpha value is -3.26. The topological polar surface area (TPSA) is 90.3 Å². The van der Waals surface area contributed by atoms with Gasteiger partial charge in [0.1, 0.15) is 18.5 Å². The van der Waals surface area contributed by atoms with Crippen molar-refractivity contribution in [2.75, 3.05) is 45.7 Å². The molecule has 3 rings (SSSR count). The molecule has 3 N–H and O–H groups in total. The fraction of sp³-hybridized carbons (Fsp3) is 0.333. The zero-order valence-electron chi connectivity index (χ0n) is 16.6. The molecule has 8 heteroatoms. The smallest absolute Gasteiger partial charge is 0.279 e. The zero-order valence-corrected chi connectivity index (χ0v) is 16.6. The molecule has 0 fully saturated rings. The molecule has 2 aromatic rings. The lowest BCUT2D eigenvalue weighted by molar-refractivity contribution is -0.862. The van der Waals surface area contributed by atoms with E-state index in [9.17, 15) is 9.59 Å². The van der Waals surface area contributed by atoms with Gasteiger partial charge in [-0.1, -0.05) is 12.1 Å². The van der Waals surface area contributed by atoms with Gasteiger partial charge in [0, 0.05) is 5.69 Å². The van der Waals surface area contributed by atoms with Gasteiger partial charge >= 0.3 is 0 Å². The number of benzene rings is 2. The van der Waals surface area contributed by atoms with Crippen LogP contribution in [0.15, 0.2) is 48.5 Å². The molecule has 8 nitrogen and oxygen atoms in total. The van der Waals surface area contributed by atoms with Crippen LogP contribution in [0.1, 0.15) is 0 Å². The molecule has 1 unspecified atom stereocenters. The molecule has 0 saturated heterocycles. The highest BCUT2D eigenvalue weighted by atomic mass is 16.6. The lowest BCUT2D eigenvalue weighted by atomic mass is 10.2. The minimum atomic E-state index is -0.243. The summed E-state index contributed by atoms with van der Waals surface area (Å²) >= 11 is 0. The molecule has 0 aromatic heterocycles. The second-order valence-electron chi connectivity index (χ2n) is 6.89. The fourth-order valence-corrected chi connectivity index (χ4v) is 2.94. The van der Waals surface area contributed by atoms with Crippen molar-refractivity contribution in [3.8, 4) is 17.2 Å². The Labute approximate surface area is 169 Å². The molecule has 0 spiro atoms. The van der Waals surface area contributed by atoms with Crippen LogP contribution in [0.4, 0.5) is 5.69 Å². The standard InChI is InChI=1S/C21H25N3O5/c1-24(13-21(26)23-15-7-9-16(27-2)10-8-15)12-20(25)22-11-17-14-28-18-5-3-4-6-19(18)29-17/h3-10,17H,11-14H2,1-2H3,(H,22,25)(H,23,26)/p+1/t17-/m0/s1. The predicted molar refractivity (Wildman–Crippen MR) is 108 cm³/mol. The average Bonchev–Trinajstić information content (AvgIpc) is 2.72. The van der Waals surface area contributed by atoms with Crippen LogP contribution in [-0.4, -0.2) is 58.3 Å². The lowest BCUT2D eigenvalue weighted by Gasteiger charge is -2.26. The van der Waals surface area contributed by atoms with Crippen molar-refractivity contribution in [1.29, 1.82) is 0 Å². The average molecular weight is 400 g/mol. The Morgan fingerprint density at radius 3 is 2.48 bits per heavy atom. The second-order valence-corrected chi connectivity index (χ2v) is 6.89. The number of carbonyl (C=O) groups excluding carboxylic acids is 2. The van der Waals surface area contributed by atoms with Crippen LogP contribution in [0, 0.1) is 0 Å². The molecular weight excluding hydrogens is 374 g/mol. The van der Waals surface area contributed by atoms with Gasteiger partial charge in [-0.3, -0.25) is 9.59 Å². The van der Waals surface area contributed by atoms with Crippen molar-refractivity contribution in [3.05, 3.63) is 48.5 Å². The van der Waals surface area contributed by atoms with Crippen LogP contribution in [-0.2, 0) is 9.59 Å². The van der Waals surface area contributed by atoms with Crippen LogP contribution in [0.3, 0.4) is 0 Å². The Morgan fingerprint density at radius 1 is 1.07 bits per heavy atom. The van der Waals surface area contributed by atoms with Crippen molar-refractivity contribution >= 4 is 17.5 Å². The summed E-state index contributed by atoms with van der Waals surface area (Å²) < 4.78 is 16.5. The van der Waals surface area contributed by atoms with Crippen molar-refractivity contribution in [1.82, 2.24) is 5.32 Å². The first-order valence-corrected chi connectivity index (χ1v) is 9.44. The molecule has 0 radical (unpaired) electrons. The third-order valence-electron chi connectivity index (χ3n) is 4.39. The van der Waals surface area contributed by atoms with Gasteiger partial charge < -0.3 is 29.7 Å². The van der Waals surface area contributed by atoms with Gasteiger partial charge in [-0.05, 0) is 36.4 Å². The highest BCUT2D eigenvalue weighted by molar-refractivity contribution is 5.91. The number of hydrogen-bond donors (Lipinski definition) is 3. The third-order valence-corrected chi connectivity index (χ3v) is 4.39. The number of quaternary nitrogens is 1. The molecule has 0 bridgehead atoms. The quantitative estimate of drug-likeness (QED) is 0.585. The number of nitrogens with one attached hydrogen (secondary N) is 3. The monoisotopic (exact) mass is 400 g/mol. The summed E-state index contributed by atoms with van der Waals surface area (Å²) in [5, 5.41) is 5.65. The summed E-state index contributed by atoms with van der Waals surface area (Å²) in [5.41, 5.74) is 0.683. The second kappa shape index (κ2) is 9.79. The zero-order chi connectivity index (χ0) is 20.6. The number of para-hydroxylation sites is 2. The van der Waals surface area contributed by atoms with Gasteiger partial charge in [0.05, 0.1) is 20.7 Å². The van der Waals surface area contributed by atoms with Crippen molar-refractivity contribution in [3.63, 3.8) is 0 Å². The number of anilines is 1. The van der Waals surface area contributed by atoms with Crippen LogP contribution in [0.5, 0.6) is 17.2 Å². The first-order valence-electron chi connectivity index (χ1n) is 9.44. The van der Waals surface area contributed by atoms with Crippen molar-refractivity contribution < 1.29 is 28.7 Å². The summed E-state index contributed by atoms with van der Waals surface area (Å²) in [4.78, 5) is 25.1. The molecular formula is C21H26N3O5+. The summed E-state index contributed by atoms with van der Waals surface area (Å²) in [6.07, 6.45) is -0.243. The van der Waals surface area contributed by atoms with Crippen molar-refractivity contribution in [2.24, 2.45) is 0 Å². The first-order chi connectivity index (χ1) is 14.0. The van der Waals surface area contributed by atoms with E-state index in [0.29, 0.717) is 30.3 Å². The molecule has 1 aliphatic heterocycles. The van der Waals surface area contributed by atoms with Crippen LogP contribution >= 0.6 is 0 Å². The third kappa shape index (κ3) is 6.11. The number of rotatable bonds is 8. The number of fused-ring (bicyclic) bond motifs is 1. The van der Waals surface area contributed by atoms with E-state index in [2.05, 4.69) is 10.6 Å². The predicted octanol–water partition coefficient (Wildman–Crippen LogP) is 0.105. The number of likely N-dealkylation sites (N-methyl/N-ethyl adjacent to an activating group) is 1. The Morgan fingerprint density at radius 2 is 1.76 bits per heavy atom. The SMILES string of the molecule is COc1ccc(NC(=O)C[NH+](C)CC(=O)NC[C@H]2COc3ccccc3O2)cc1. The highest BCUT2D eigenvalue weighted by Gasteiger charge is 2.22.